The summed E-state index contributed by atoms with van der Waals surface area (Å²) in [5, 5.41) is 6.10. The monoisotopic (exact) mass is 166 g/mol. The van der Waals surface area contributed by atoms with Crippen LogP contribution in [-0.2, 0) is 0 Å². The summed E-state index contributed by atoms with van der Waals surface area (Å²) >= 11 is 0. The highest BCUT2D eigenvalue weighted by atomic mass is 16.2. The molecule has 0 aromatic rings. The molecule has 3 nitrogen and oxygen atoms in total. The van der Waals surface area contributed by atoms with Crippen molar-refractivity contribution in [2.75, 3.05) is 0 Å². The van der Waals surface area contributed by atoms with Gasteiger partial charge in [0.05, 0.1) is 11.6 Å². The standard InChI is InChI=1S/C9H14N2O/c1-5-2-3-7-9(4-6(5)9)11-8(12)10-7/h5-7H,2-4H2,1H3,(H2,10,11,12). The Balaban J connectivity index is 1.91. The van der Waals surface area contributed by atoms with E-state index in [1.807, 2.05) is 0 Å². The van der Waals surface area contributed by atoms with Crippen LogP contribution in [0.15, 0.2) is 0 Å². The van der Waals surface area contributed by atoms with Gasteiger partial charge in [-0.15, -0.1) is 0 Å². The average molecular weight is 166 g/mol. The second-order valence-corrected chi connectivity index (χ2v) is 4.56. The predicted molar refractivity (Wildman–Crippen MR) is 44.7 cm³/mol. The lowest BCUT2D eigenvalue weighted by molar-refractivity contribution is 0.246. The molecular formula is C9H14N2O. The summed E-state index contributed by atoms with van der Waals surface area (Å²) in [6.45, 7) is 2.31. The van der Waals surface area contributed by atoms with E-state index < -0.39 is 0 Å². The summed E-state index contributed by atoms with van der Waals surface area (Å²) in [4.78, 5) is 11.1. The fourth-order valence-electron chi connectivity index (χ4n) is 3.14. The molecule has 66 valence electrons. The molecule has 0 aromatic heterocycles. The van der Waals surface area contributed by atoms with E-state index in [2.05, 4.69) is 17.6 Å². The highest BCUT2D eigenvalue weighted by Gasteiger charge is 2.66. The van der Waals surface area contributed by atoms with Crippen LogP contribution in [0.2, 0.25) is 0 Å². The predicted octanol–water partition coefficient (Wildman–Crippen LogP) is 0.856. The fraction of sp³-hybridized carbons (Fsp3) is 0.889. The number of nitrogens with one attached hydrogen (secondary N) is 2. The molecule has 3 rings (SSSR count). The molecule has 4 atom stereocenters. The van der Waals surface area contributed by atoms with Gasteiger partial charge in [0.15, 0.2) is 0 Å². The van der Waals surface area contributed by atoms with Gasteiger partial charge in [-0.1, -0.05) is 6.92 Å². The smallest absolute Gasteiger partial charge is 0.315 e. The first kappa shape index (κ1) is 6.75. The van der Waals surface area contributed by atoms with E-state index >= 15 is 0 Å². The topological polar surface area (TPSA) is 41.1 Å². The maximum Gasteiger partial charge on any atom is 0.315 e. The van der Waals surface area contributed by atoms with Crippen molar-refractivity contribution in [3.8, 4) is 0 Å². The number of amides is 2. The lowest BCUT2D eigenvalue weighted by Gasteiger charge is -2.27. The van der Waals surface area contributed by atoms with Gasteiger partial charge in [0.25, 0.3) is 0 Å². The molecule has 2 N–H and O–H groups in total. The van der Waals surface area contributed by atoms with E-state index in [0.29, 0.717) is 6.04 Å². The maximum atomic E-state index is 11.1. The summed E-state index contributed by atoms with van der Waals surface area (Å²) in [7, 11) is 0. The Hall–Kier alpha value is -0.730. The van der Waals surface area contributed by atoms with Crippen LogP contribution in [0.25, 0.3) is 0 Å². The molecule has 2 amide bonds. The normalized spacial score (nSPS) is 55.1. The van der Waals surface area contributed by atoms with E-state index in [1.165, 1.54) is 12.8 Å². The zero-order chi connectivity index (χ0) is 8.34. The first-order chi connectivity index (χ1) is 5.72. The van der Waals surface area contributed by atoms with Crippen LogP contribution >= 0.6 is 0 Å². The molecule has 2 saturated carbocycles. The van der Waals surface area contributed by atoms with Crippen molar-refractivity contribution < 1.29 is 4.79 Å². The van der Waals surface area contributed by atoms with Gasteiger partial charge >= 0.3 is 6.03 Å². The molecule has 12 heavy (non-hydrogen) atoms. The van der Waals surface area contributed by atoms with Crippen LogP contribution in [0.1, 0.15) is 26.2 Å². The Morgan fingerprint density at radius 3 is 3.17 bits per heavy atom. The minimum Gasteiger partial charge on any atom is -0.333 e. The van der Waals surface area contributed by atoms with Crippen LogP contribution in [0, 0.1) is 11.8 Å². The second-order valence-electron chi connectivity index (χ2n) is 4.56. The van der Waals surface area contributed by atoms with Crippen molar-refractivity contribution in [1.82, 2.24) is 10.6 Å². The Kier molecular flexibility index (Phi) is 1.00. The van der Waals surface area contributed by atoms with Crippen LogP contribution in [0.5, 0.6) is 0 Å². The first-order valence-electron chi connectivity index (χ1n) is 4.81. The molecule has 3 fully saturated rings. The van der Waals surface area contributed by atoms with E-state index in [4.69, 9.17) is 0 Å². The van der Waals surface area contributed by atoms with Gasteiger partial charge in [0.2, 0.25) is 0 Å². The summed E-state index contributed by atoms with van der Waals surface area (Å²) in [5.41, 5.74) is 0.189. The van der Waals surface area contributed by atoms with Crippen molar-refractivity contribution in [2.24, 2.45) is 11.8 Å². The third-order valence-electron chi connectivity index (χ3n) is 3.93. The van der Waals surface area contributed by atoms with Gasteiger partial charge in [0, 0.05) is 0 Å². The largest absolute Gasteiger partial charge is 0.333 e. The zero-order valence-corrected chi connectivity index (χ0v) is 7.26. The van der Waals surface area contributed by atoms with Crippen molar-refractivity contribution in [3.05, 3.63) is 0 Å². The Morgan fingerprint density at radius 1 is 1.50 bits per heavy atom. The summed E-state index contributed by atoms with van der Waals surface area (Å²) < 4.78 is 0. The third-order valence-corrected chi connectivity index (χ3v) is 3.93. The number of rotatable bonds is 0. The summed E-state index contributed by atoms with van der Waals surface area (Å²) in [6.07, 6.45) is 3.65. The van der Waals surface area contributed by atoms with Crippen molar-refractivity contribution in [3.63, 3.8) is 0 Å². The molecule has 1 aliphatic heterocycles. The SMILES string of the molecule is CC1CCC2NC(=O)NC23CC13. The van der Waals surface area contributed by atoms with E-state index in [-0.39, 0.29) is 11.6 Å². The van der Waals surface area contributed by atoms with Gasteiger partial charge in [0.1, 0.15) is 0 Å². The van der Waals surface area contributed by atoms with E-state index in [0.717, 1.165) is 18.3 Å². The highest BCUT2D eigenvalue weighted by molar-refractivity contribution is 5.79. The molecule has 2 aliphatic carbocycles. The van der Waals surface area contributed by atoms with Gasteiger partial charge < -0.3 is 10.6 Å². The zero-order valence-electron chi connectivity index (χ0n) is 7.26. The average Bonchev–Trinajstić information content (AvgIpc) is 2.63. The van der Waals surface area contributed by atoms with Crippen LogP contribution in [0.3, 0.4) is 0 Å². The lowest BCUT2D eigenvalue weighted by Crippen LogP contribution is -2.42. The van der Waals surface area contributed by atoms with Crippen LogP contribution in [-0.4, -0.2) is 17.6 Å². The van der Waals surface area contributed by atoms with E-state index in [1.54, 1.807) is 0 Å². The highest BCUT2D eigenvalue weighted by Crippen LogP contribution is 2.57. The number of hydrogen-bond acceptors (Lipinski definition) is 1. The van der Waals surface area contributed by atoms with Gasteiger partial charge in [-0.05, 0) is 31.1 Å². The van der Waals surface area contributed by atoms with Gasteiger partial charge in [-0.3, -0.25) is 0 Å². The molecular weight excluding hydrogens is 152 g/mol. The summed E-state index contributed by atoms with van der Waals surface area (Å²) in [5.74, 6) is 1.57. The molecule has 0 aromatic carbocycles. The molecule has 3 aliphatic rings. The number of carbonyl (C=O) groups excluding carboxylic acids is 1. The molecule has 1 heterocycles. The van der Waals surface area contributed by atoms with E-state index in [9.17, 15) is 4.79 Å². The molecule has 4 unspecified atom stereocenters. The number of urea groups is 1. The second kappa shape index (κ2) is 1.78. The van der Waals surface area contributed by atoms with Gasteiger partial charge in [-0.25, -0.2) is 4.79 Å². The Morgan fingerprint density at radius 2 is 2.33 bits per heavy atom. The lowest BCUT2D eigenvalue weighted by atomic mass is 9.84. The third kappa shape index (κ3) is 0.609. The molecule has 3 heteroatoms. The van der Waals surface area contributed by atoms with Crippen LogP contribution < -0.4 is 10.6 Å². The number of hydrogen-bond donors (Lipinski definition) is 2. The quantitative estimate of drug-likeness (QED) is 0.550. The Labute approximate surface area is 71.9 Å². The van der Waals surface area contributed by atoms with Crippen molar-refractivity contribution in [2.45, 2.75) is 37.8 Å². The van der Waals surface area contributed by atoms with Gasteiger partial charge in [-0.2, -0.15) is 0 Å². The molecule has 1 spiro atoms. The van der Waals surface area contributed by atoms with Crippen molar-refractivity contribution >= 4 is 6.03 Å². The minimum atomic E-state index is 0.0524. The van der Waals surface area contributed by atoms with Crippen molar-refractivity contribution in [1.29, 1.82) is 0 Å². The Bertz CT molecular complexity index is 253. The first-order valence-corrected chi connectivity index (χ1v) is 4.81. The molecule has 0 radical (unpaired) electrons. The number of carbonyl (C=O) groups is 1. The molecule has 1 saturated heterocycles. The molecule has 0 bridgehead atoms. The summed E-state index contributed by atoms with van der Waals surface area (Å²) in [6, 6.07) is 0.489. The fourth-order valence-corrected chi connectivity index (χ4v) is 3.14. The minimum absolute atomic E-state index is 0.0524. The van der Waals surface area contributed by atoms with Crippen LogP contribution in [0.4, 0.5) is 4.79 Å². The maximum absolute atomic E-state index is 11.1.